The van der Waals surface area contributed by atoms with Crippen LogP contribution in [-0.2, 0) is 23.9 Å². The van der Waals surface area contributed by atoms with Crippen molar-refractivity contribution in [2.75, 3.05) is 0 Å². The monoisotopic (exact) mass is 665 g/mol. The van der Waals surface area contributed by atoms with Crippen LogP contribution >= 0.6 is 0 Å². The van der Waals surface area contributed by atoms with Crippen molar-refractivity contribution < 1.29 is 29.0 Å². The lowest BCUT2D eigenvalue weighted by Gasteiger charge is -2.68. The molecule has 0 spiro atoms. The van der Waals surface area contributed by atoms with E-state index >= 15 is 0 Å². The maximum atomic E-state index is 14.5. The van der Waals surface area contributed by atoms with Gasteiger partial charge in [0.15, 0.2) is 5.78 Å². The molecule has 2 N–H and O–H groups in total. The first-order chi connectivity index (χ1) is 22.1. The number of Topliss-reactive ketones (excluding diaryl/α,β-unsaturated/α-hetero) is 1. The van der Waals surface area contributed by atoms with Crippen LogP contribution < -0.4 is 5.32 Å². The summed E-state index contributed by atoms with van der Waals surface area (Å²) in [4.78, 5) is 53.0. The summed E-state index contributed by atoms with van der Waals surface area (Å²) in [5.74, 6) is 1.13. The van der Waals surface area contributed by atoms with Crippen molar-refractivity contribution in [3.8, 4) is 0 Å². The first-order valence-electron chi connectivity index (χ1n) is 19.1. The minimum Gasteiger partial charge on any atom is -0.481 e. The van der Waals surface area contributed by atoms with Gasteiger partial charge in [-0.2, -0.15) is 0 Å². The lowest BCUT2D eigenvalue weighted by molar-refractivity contribution is -0.213. The fourth-order valence-corrected chi connectivity index (χ4v) is 12.7. The van der Waals surface area contributed by atoms with Crippen LogP contribution in [0.3, 0.4) is 0 Å². The zero-order valence-corrected chi connectivity index (χ0v) is 31.5. The minimum atomic E-state index is -1.16. The molecule has 6 rings (SSSR count). The number of aliphatic carboxylic acids is 1. The predicted molar refractivity (Wildman–Crippen MR) is 186 cm³/mol. The van der Waals surface area contributed by atoms with Crippen molar-refractivity contribution in [1.82, 2.24) is 5.32 Å². The van der Waals surface area contributed by atoms with Crippen LogP contribution in [0, 0.1) is 62.6 Å². The quantitative estimate of drug-likeness (QED) is 0.253. The molecule has 5 fully saturated rings. The van der Waals surface area contributed by atoms with Crippen LogP contribution in [0.2, 0.25) is 0 Å². The third-order valence-corrected chi connectivity index (χ3v) is 15.4. The average Bonchev–Trinajstić information content (AvgIpc) is 3.77. The van der Waals surface area contributed by atoms with E-state index in [0.717, 1.165) is 69.8 Å². The third kappa shape index (κ3) is 5.33. The zero-order chi connectivity index (χ0) is 35.4. The van der Waals surface area contributed by atoms with Crippen molar-refractivity contribution in [3.05, 3.63) is 11.1 Å². The number of carbonyl (C=O) groups is 4. The van der Waals surface area contributed by atoms with Gasteiger partial charge in [0.25, 0.3) is 0 Å². The molecule has 0 heterocycles. The molecule has 268 valence electrons. The van der Waals surface area contributed by atoms with Gasteiger partial charge in [0.2, 0.25) is 5.91 Å². The van der Waals surface area contributed by atoms with Crippen molar-refractivity contribution in [3.63, 3.8) is 0 Å². The molecule has 1 amide bonds. The molecular formula is C41H63NO6. The topological polar surface area (TPSA) is 110 Å². The van der Waals surface area contributed by atoms with Gasteiger partial charge < -0.3 is 15.2 Å². The number of hydrogen-bond donors (Lipinski definition) is 2. The fraction of sp³-hybridized carbons (Fsp3) is 0.854. The van der Waals surface area contributed by atoms with E-state index in [-0.39, 0.29) is 57.8 Å². The molecule has 6 aliphatic rings. The molecule has 6 aliphatic carbocycles. The van der Waals surface area contributed by atoms with Crippen LogP contribution in [-0.4, -0.2) is 40.4 Å². The number of amides is 1. The highest BCUT2D eigenvalue weighted by molar-refractivity contribution is 6.07. The highest BCUT2D eigenvalue weighted by atomic mass is 16.5. The summed E-state index contributed by atoms with van der Waals surface area (Å²) in [5, 5.41) is 13.1. The summed E-state index contributed by atoms with van der Waals surface area (Å²) in [7, 11) is 0. The highest BCUT2D eigenvalue weighted by Gasteiger charge is 2.67. The van der Waals surface area contributed by atoms with Crippen LogP contribution in [0.1, 0.15) is 146 Å². The Morgan fingerprint density at radius 1 is 0.875 bits per heavy atom. The molecule has 0 aromatic heterocycles. The van der Waals surface area contributed by atoms with Crippen molar-refractivity contribution in [2.45, 2.75) is 158 Å². The minimum absolute atomic E-state index is 0.0890. The normalized spacial score (nSPS) is 39.2. The average molecular weight is 666 g/mol. The summed E-state index contributed by atoms with van der Waals surface area (Å²) in [6, 6.07) is 0. The van der Waals surface area contributed by atoms with E-state index in [4.69, 9.17) is 4.74 Å². The Morgan fingerprint density at radius 3 is 2.12 bits per heavy atom. The lowest BCUT2D eigenvalue weighted by Crippen LogP contribution is -2.63. The van der Waals surface area contributed by atoms with Gasteiger partial charge in [-0.15, -0.1) is 0 Å². The zero-order valence-electron chi connectivity index (χ0n) is 31.5. The highest BCUT2D eigenvalue weighted by Crippen LogP contribution is 2.73. The van der Waals surface area contributed by atoms with Gasteiger partial charge in [-0.1, -0.05) is 41.5 Å². The molecule has 7 heteroatoms. The van der Waals surface area contributed by atoms with Gasteiger partial charge in [-0.05, 0) is 149 Å². The number of carboxylic acid groups (broad SMARTS) is 1. The molecule has 0 aromatic rings. The van der Waals surface area contributed by atoms with Gasteiger partial charge in [0, 0.05) is 17.4 Å². The summed E-state index contributed by atoms with van der Waals surface area (Å²) < 4.78 is 6.13. The number of rotatable bonds is 8. The van der Waals surface area contributed by atoms with Crippen LogP contribution in [0.25, 0.3) is 0 Å². The summed E-state index contributed by atoms with van der Waals surface area (Å²) in [5.41, 5.74) is 0.0369. The Labute approximate surface area is 289 Å². The Morgan fingerprint density at radius 2 is 1.52 bits per heavy atom. The number of esters is 1. The number of fused-ring (bicyclic) bond motifs is 7. The van der Waals surface area contributed by atoms with E-state index in [1.807, 2.05) is 0 Å². The number of hydrogen-bond acceptors (Lipinski definition) is 5. The van der Waals surface area contributed by atoms with Crippen LogP contribution in [0.4, 0.5) is 0 Å². The van der Waals surface area contributed by atoms with Gasteiger partial charge in [0.1, 0.15) is 6.10 Å². The van der Waals surface area contributed by atoms with E-state index in [1.54, 1.807) is 13.8 Å². The number of ketones is 1. The van der Waals surface area contributed by atoms with Crippen molar-refractivity contribution in [1.29, 1.82) is 0 Å². The number of nitrogens with one attached hydrogen (secondary N) is 1. The summed E-state index contributed by atoms with van der Waals surface area (Å²) >= 11 is 0. The molecule has 5 saturated carbocycles. The Kier molecular flexibility index (Phi) is 8.48. The molecule has 0 aliphatic heterocycles. The molecule has 0 aromatic carbocycles. The van der Waals surface area contributed by atoms with Crippen molar-refractivity contribution >= 4 is 23.6 Å². The molecule has 0 bridgehead atoms. The number of carboxylic acids is 1. The van der Waals surface area contributed by atoms with E-state index in [0.29, 0.717) is 30.1 Å². The molecule has 8 atom stereocenters. The van der Waals surface area contributed by atoms with Crippen molar-refractivity contribution in [2.24, 2.45) is 62.6 Å². The van der Waals surface area contributed by atoms with Gasteiger partial charge >= 0.3 is 11.9 Å². The molecule has 0 radical (unpaired) electrons. The largest absolute Gasteiger partial charge is 0.481 e. The fourth-order valence-electron chi connectivity index (χ4n) is 12.7. The van der Waals surface area contributed by atoms with Crippen LogP contribution in [0.5, 0.6) is 0 Å². The predicted octanol–water partition coefficient (Wildman–Crippen LogP) is 8.29. The number of carbonyl (C=O) groups excluding carboxylic acids is 3. The van der Waals surface area contributed by atoms with Crippen LogP contribution in [0.15, 0.2) is 11.1 Å². The van der Waals surface area contributed by atoms with Gasteiger partial charge in [-0.3, -0.25) is 19.2 Å². The van der Waals surface area contributed by atoms with E-state index in [2.05, 4.69) is 60.7 Å². The Hall–Kier alpha value is -2.18. The van der Waals surface area contributed by atoms with Gasteiger partial charge in [-0.25, -0.2) is 0 Å². The number of allylic oxidation sites excluding steroid dienone is 1. The first-order valence-corrected chi connectivity index (χ1v) is 19.1. The number of ether oxygens (including phenoxy) is 1. The second-order valence-corrected chi connectivity index (χ2v) is 19.8. The van der Waals surface area contributed by atoms with Gasteiger partial charge in [0.05, 0.1) is 17.3 Å². The third-order valence-electron chi connectivity index (χ3n) is 15.4. The SMILES string of the molecule is CC(C)C1=C2[C@H]3CCC4C(C)(CCC5C4(C)CC[C@H](OC(=O)CC(C)(C)C(=O)O)C5(C)C)C3CC[C@@]2(C(=O)NC(C)(C)C2CC2)CC1=O. The molecule has 5 unspecified atom stereocenters. The summed E-state index contributed by atoms with van der Waals surface area (Å²) in [6.07, 6.45) is 10.1. The second-order valence-electron chi connectivity index (χ2n) is 19.8. The van der Waals surface area contributed by atoms with E-state index in [1.165, 1.54) is 5.57 Å². The second kappa shape index (κ2) is 11.4. The maximum Gasteiger partial charge on any atom is 0.309 e. The summed E-state index contributed by atoms with van der Waals surface area (Å²) in [6.45, 7) is 21.3. The standard InChI is InChI=1S/C41H63NO6/c1-23(2)32-27(43)21-41(34(45)42-38(7,8)24-11-12-24)20-15-26-25(33(32)41)13-14-29-39(26,9)18-16-28-37(5,6)30(17-19-40(28,29)10)48-31(44)22-36(3,4)35(46)47/h23-26,28-30H,11-22H2,1-10H3,(H,42,45)(H,46,47)/t25-,26?,28?,29?,30-,39?,40?,41+/m0/s1. The molecule has 48 heavy (non-hydrogen) atoms. The molecule has 7 nitrogen and oxygen atoms in total. The molecule has 0 saturated heterocycles. The Bertz CT molecular complexity index is 1420. The van der Waals surface area contributed by atoms with E-state index < -0.39 is 22.8 Å². The maximum absolute atomic E-state index is 14.5. The lowest BCUT2D eigenvalue weighted by atomic mass is 9.36. The van der Waals surface area contributed by atoms with E-state index in [9.17, 15) is 24.3 Å². The smallest absolute Gasteiger partial charge is 0.309 e. The first kappa shape index (κ1) is 35.6. The Balaban J connectivity index is 1.27. The molecular weight excluding hydrogens is 602 g/mol.